The maximum absolute atomic E-state index is 12.8. The Hall–Kier alpha value is -2.08. The lowest BCUT2D eigenvalue weighted by Gasteiger charge is -2.33. The molecule has 1 amide bonds. The normalized spacial score (nSPS) is 18.6. The largest absolute Gasteiger partial charge is 0.464 e. The number of amides is 1. The van der Waals surface area contributed by atoms with Crippen LogP contribution in [0.25, 0.3) is 0 Å². The van der Waals surface area contributed by atoms with Crippen LogP contribution in [0.2, 0.25) is 0 Å². The summed E-state index contributed by atoms with van der Waals surface area (Å²) in [7, 11) is 0. The molecule has 0 radical (unpaired) electrons. The first-order chi connectivity index (χ1) is 11.1. The van der Waals surface area contributed by atoms with Gasteiger partial charge in [0.05, 0.1) is 13.2 Å². The van der Waals surface area contributed by atoms with Gasteiger partial charge in [-0.25, -0.2) is 0 Å². The van der Waals surface area contributed by atoms with Gasteiger partial charge in [-0.05, 0) is 24.1 Å². The second-order valence-corrected chi connectivity index (χ2v) is 6.11. The summed E-state index contributed by atoms with van der Waals surface area (Å²) in [4.78, 5) is 14.6. The zero-order valence-corrected chi connectivity index (χ0v) is 13.8. The maximum atomic E-state index is 12.8. The Morgan fingerprint density at radius 3 is 2.96 bits per heavy atom. The van der Waals surface area contributed by atoms with Crippen molar-refractivity contribution in [3.8, 4) is 0 Å². The lowest BCUT2D eigenvalue weighted by molar-refractivity contribution is -0.00930. The van der Waals surface area contributed by atoms with E-state index in [-0.39, 0.29) is 11.9 Å². The lowest BCUT2D eigenvalue weighted by Crippen LogP contribution is -2.43. The Morgan fingerprint density at radius 2 is 2.30 bits per heavy atom. The summed E-state index contributed by atoms with van der Waals surface area (Å²) in [6.45, 7) is 7.69. The molecule has 124 valence electrons. The van der Waals surface area contributed by atoms with Crippen molar-refractivity contribution in [1.82, 2.24) is 15.1 Å². The molecule has 3 heterocycles. The van der Waals surface area contributed by atoms with Crippen LogP contribution in [0.15, 0.2) is 22.6 Å². The van der Waals surface area contributed by atoms with Crippen LogP contribution in [0.1, 0.15) is 60.4 Å². The van der Waals surface area contributed by atoms with Crippen LogP contribution in [0, 0.1) is 0 Å². The summed E-state index contributed by atoms with van der Waals surface area (Å²) < 4.78 is 11.4. The van der Waals surface area contributed by atoms with E-state index in [1.165, 1.54) is 0 Å². The number of furan rings is 1. The van der Waals surface area contributed by atoms with E-state index >= 15 is 0 Å². The molecule has 1 saturated heterocycles. The molecule has 1 N–H and O–H groups in total. The van der Waals surface area contributed by atoms with Gasteiger partial charge in [-0.15, -0.1) is 0 Å². The van der Waals surface area contributed by atoms with Crippen molar-refractivity contribution >= 4 is 5.91 Å². The van der Waals surface area contributed by atoms with E-state index in [1.54, 1.807) is 4.90 Å². The molecule has 6 heteroatoms. The van der Waals surface area contributed by atoms with Gasteiger partial charge in [0.2, 0.25) is 0 Å². The van der Waals surface area contributed by atoms with Crippen molar-refractivity contribution in [2.24, 2.45) is 0 Å². The molecule has 1 unspecified atom stereocenters. The molecule has 0 spiro atoms. The Bertz CT molecular complexity index is 674. The smallest absolute Gasteiger partial charge is 0.275 e. The third-order valence-corrected chi connectivity index (χ3v) is 4.19. The first kappa shape index (κ1) is 15.8. The highest BCUT2D eigenvalue weighted by Crippen LogP contribution is 2.28. The average Bonchev–Trinajstić information content (AvgIpc) is 3.23. The number of nitrogens with zero attached hydrogens (tertiary/aromatic N) is 2. The Balaban J connectivity index is 1.83. The van der Waals surface area contributed by atoms with Gasteiger partial charge >= 0.3 is 0 Å². The summed E-state index contributed by atoms with van der Waals surface area (Å²) in [5, 5.41) is 7.12. The number of hydrogen-bond acceptors (Lipinski definition) is 4. The summed E-state index contributed by atoms with van der Waals surface area (Å²) >= 11 is 0. The Morgan fingerprint density at radius 1 is 1.48 bits per heavy atom. The van der Waals surface area contributed by atoms with Gasteiger partial charge < -0.3 is 14.1 Å². The van der Waals surface area contributed by atoms with E-state index in [0.29, 0.717) is 31.4 Å². The highest BCUT2D eigenvalue weighted by molar-refractivity contribution is 5.92. The number of hydrogen-bond donors (Lipinski definition) is 1. The van der Waals surface area contributed by atoms with Gasteiger partial charge in [0, 0.05) is 18.7 Å². The third-order valence-electron chi connectivity index (χ3n) is 4.19. The standard InChI is InChI=1S/C17H23N3O3/c1-4-12-5-6-16(23-12)15-10-22-8-7-20(15)17(21)14-9-13(11(2)3)18-19-14/h5-6,9,11,15H,4,7-8,10H2,1-3H3,(H,18,19). The fourth-order valence-electron chi connectivity index (χ4n) is 2.74. The Kier molecular flexibility index (Phi) is 4.52. The fourth-order valence-corrected chi connectivity index (χ4v) is 2.74. The van der Waals surface area contributed by atoms with Gasteiger partial charge in [0.15, 0.2) is 0 Å². The Labute approximate surface area is 135 Å². The van der Waals surface area contributed by atoms with Crippen molar-refractivity contribution in [1.29, 1.82) is 0 Å². The van der Waals surface area contributed by atoms with Crippen LogP contribution >= 0.6 is 0 Å². The minimum Gasteiger partial charge on any atom is -0.464 e. The number of aryl methyl sites for hydroxylation is 1. The summed E-state index contributed by atoms with van der Waals surface area (Å²) in [6.07, 6.45) is 0.832. The van der Waals surface area contributed by atoms with Crippen LogP contribution in [-0.4, -0.2) is 40.8 Å². The van der Waals surface area contributed by atoms with Crippen molar-refractivity contribution in [2.45, 2.75) is 39.2 Å². The highest BCUT2D eigenvalue weighted by atomic mass is 16.5. The van der Waals surface area contributed by atoms with E-state index in [0.717, 1.165) is 23.6 Å². The molecule has 3 rings (SSSR count). The number of carbonyl (C=O) groups is 1. The van der Waals surface area contributed by atoms with Crippen LogP contribution in [0.3, 0.4) is 0 Å². The topological polar surface area (TPSA) is 71.4 Å². The number of H-pyrrole nitrogens is 1. The molecule has 0 bridgehead atoms. The molecule has 0 aromatic carbocycles. The first-order valence-electron chi connectivity index (χ1n) is 8.12. The van der Waals surface area contributed by atoms with Gasteiger partial charge in [-0.2, -0.15) is 5.10 Å². The molecule has 1 fully saturated rings. The van der Waals surface area contributed by atoms with Gasteiger partial charge in [-0.3, -0.25) is 9.89 Å². The van der Waals surface area contributed by atoms with E-state index in [1.807, 2.05) is 25.1 Å². The molecule has 23 heavy (non-hydrogen) atoms. The van der Waals surface area contributed by atoms with Crippen molar-refractivity contribution in [3.05, 3.63) is 41.1 Å². The molecule has 2 aromatic heterocycles. The van der Waals surface area contributed by atoms with Crippen LogP contribution in [0.4, 0.5) is 0 Å². The minimum atomic E-state index is -0.198. The first-order valence-corrected chi connectivity index (χ1v) is 8.12. The van der Waals surface area contributed by atoms with E-state index < -0.39 is 0 Å². The third kappa shape index (κ3) is 3.17. The average molecular weight is 317 g/mol. The van der Waals surface area contributed by atoms with Gasteiger partial charge in [0.25, 0.3) is 5.91 Å². The zero-order chi connectivity index (χ0) is 16.4. The molecular weight excluding hydrogens is 294 g/mol. The van der Waals surface area contributed by atoms with Crippen LogP contribution < -0.4 is 0 Å². The van der Waals surface area contributed by atoms with Gasteiger partial charge in [0.1, 0.15) is 23.3 Å². The molecular formula is C17H23N3O3. The molecule has 2 aromatic rings. The highest BCUT2D eigenvalue weighted by Gasteiger charge is 2.32. The fraction of sp³-hybridized carbons (Fsp3) is 0.529. The van der Waals surface area contributed by atoms with Crippen LogP contribution in [-0.2, 0) is 11.2 Å². The number of nitrogens with one attached hydrogen (secondary N) is 1. The predicted octanol–water partition coefficient (Wildman–Crippen LogP) is 2.90. The number of carbonyl (C=O) groups excluding carboxylic acids is 1. The monoisotopic (exact) mass is 317 g/mol. The quantitative estimate of drug-likeness (QED) is 0.941. The second kappa shape index (κ2) is 6.58. The number of ether oxygens (including phenoxy) is 1. The lowest BCUT2D eigenvalue weighted by atomic mass is 10.1. The number of rotatable bonds is 4. The maximum Gasteiger partial charge on any atom is 0.275 e. The molecule has 0 aliphatic carbocycles. The summed E-state index contributed by atoms with van der Waals surface area (Å²) in [6, 6.07) is 5.52. The molecule has 6 nitrogen and oxygen atoms in total. The number of morpholine rings is 1. The summed E-state index contributed by atoms with van der Waals surface area (Å²) in [5.41, 5.74) is 1.41. The van der Waals surface area contributed by atoms with Crippen LogP contribution in [0.5, 0.6) is 0 Å². The van der Waals surface area contributed by atoms with E-state index in [9.17, 15) is 4.79 Å². The van der Waals surface area contributed by atoms with E-state index in [4.69, 9.17) is 9.15 Å². The molecule has 1 aliphatic rings. The van der Waals surface area contributed by atoms with E-state index in [2.05, 4.69) is 24.0 Å². The van der Waals surface area contributed by atoms with Crippen molar-refractivity contribution in [2.75, 3.05) is 19.8 Å². The SMILES string of the molecule is CCc1ccc(C2COCCN2C(=O)c2cc(C(C)C)[nH]n2)o1. The minimum absolute atomic E-state index is 0.0871. The molecule has 0 saturated carbocycles. The summed E-state index contributed by atoms with van der Waals surface area (Å²) in [5.74, 6) is 1.91. The van der Waals surface area contributed by atoms with Crippen molar-refractivity contribution < 1.29 is 13.9 Å². The van der Waals surface area contributed by atoms with Crippen molar-refractivity contribution in [3.63, 3.8) is 0 Å². The predicted molar refractivity (Wildman–Crippen MR) is 85.4 cm³/mol. The second-order valence-electron chi connectivity index (χ2n) is 6.11. The number of aromatic nitrogens is 2. The number of aromatic amines is 1. The zero-order valence-electron chi connectivity index (χ0n) is 13.8. The van der Waals surface area contributed by atoms with Gasteiger partial charge in [-0.1, -0.05) is 20.8 Å². The molecule has 1 atom stereocenters. The molecule has 1 aliphatic heterocycles.